The van der Waals surface area contributed by atoms with E-state index in [1.807, 2.05) is 0 Å². The van der Waals surface area contributed by atoms with Gasteiger partial charge in [-0.15, -0.1) is 0 Å². The number of carbonyl (C=O) groups is 2. The summed E-state index contributed by atoms with van der Waals surface area (Å²) in [6, 6.07) is -0.282. The lowest BCUT2D eigenvalue weighted by molar-refractivity contribution is 0.0172. The number of nitrogens with one attached hydrogen (secondary N) is 1. The van der Waals surface area contributed by atoms with Crippen LogP contribution in [0.3, 0.4) is 0 Å². The third-order valence-corrected chi connectivity index (χ3v) is 3.27. The molecule has 1 aliphatic rings. The van der Waals surface area contributed by atoms with Crippen molar-refractivity contribution in [1.82, 2.24) is 10.2 Å². The van der Waals surface area contributed by atoms with Crippen molar-refractivity contribution < 1.29 is 24.2 Å². The van der Waals surface area contributed by atoms with E-state index in [1.54, 1.807) is 41.5 Å². The molecule has 7 nitrogen and oxygen atoms in total. The molecule has 0 aromatic heterocycles. The van der Waals surface area contributed by atoms with E-state index in [0.717, 1.165) is 0 Å². The highest BCUT2D eigenvalue weighted by molar-refractivity contribution is 5.69. The number of amides is 2. The molecule has 1 rings (SSSR count). The van der Waals surface area contributed by atoms with E-state index in [0.29, 0.717) is 19.5 Å². The fourth-order valence-corrected chi connectivity index (χ4v) is 2.42. The predicted octanol–water partition coefficient (Wildman–Crippen LogP) is 2.13. The minimum absolute atomic E-state index is 0.0622. The number of ether oxygens (including phenoxy) is 2. The third kappa shape index (κ3) is 7.07. The van der Waals surface area contributed by atoms with Crippen molar-refractivity contribution in [1.29, 1.82) is 0 Å². The largest absolute Gasteiger partial charge is 0.444 e. The number of likely N-dealkylation sites (tertiary alicyclic amines) is 1. The lowest BCUT2D eigenvalue weighted by atomic mass is 10.1. The zero-order valence-corrected chi connectivity index (χ0v) is 15.0. The van der Waals surface area contributed by atoms with Gasteiger partial charge in [0.1, 0.15) is 11.2 Å². The number of carbonyl (C=O) groups excluding carboxylic acids is 2. The second kappa shape index (κ2) is 7.38. The van der Waals surface area contributed by atoms with E-state index in [4.69, 9.17) is 9.47 Å². The van der Waals surface area contributed by atoms with Gasteiger partial charge in [-0.3, -0.25) is 0 Å². The van der Waals surface area contributed by atoms with Crippen LogP contribution >= 0.6 is 0 Å². The monoisotopic (exact) mass is 330 g/mol. The van der Waals surface area contributed by atoms with Crippen LogP contribution in [0.5, 0.6) is 0 Å². The van der Waals surface area contributed by atoms with Gasteiger partial charge < -0.3 is 24.8 Å². The van der Waals surface area contributed by atoms with Crippen molar-refractivity contribution >= 4 is 12.2 Å². The molecule has 0 unspecified atom stereocenters. The average Bonchev–Trinajstić information content (AvgIpc) is 2.75. The number of nitrogens with zero attached hydrogens (tertiary/aromatic N) is 1. The van der Waals surface area contributed by atoms with Crippen LogP contribution in [0.15, 0.2) is 0 Å². The molecule has 1 heterocycles. The highest BCUT2D eigenvalue weighted by atomic mass is 16.6. The summed E-state index contributed by atoms with van der Waals surface area (Å²) in [4.78, 5) is 25.4. The molecule has 0 aromatic carbocycles. The zero-order chi connectivity index (χ0) is 17.8. The van der Waals surface area contributed by atoms with E-state index in [-0.39, 0.29) is 18.6 Å². The topological polar surface area (TPSA) is 88.1 Å². The standard InChI is InChI=1S/C16H30N2O5/c1-15(2,3)22-13(20)17-8-11-7-12(10-19)18(9-11)14(21)23-16(4,5)6/h11-12,19H,7-10H2,1-6H3,(H,17,20)/t11-,12+/m1/s1. The molecule has 0 aromatic rings. The molecule has 2 amide bonds. The molecular weight excluding hydrogens is 300 g/mol. The Balaban J connectivity index is 2.52. The number of hydrogen-bond donors (Lipinski definition) is 2. The molecule has 0 radical (unpaired) electrons. The number of alkyl carbamates (subject to hydrolysis) is 1. The average molecular weight is 330 g/mol. The summed E-state index contributed by atoms with van der Waals surface area (Å²) in [5.74, 6) is 0.0622. The SMILES string of the molecule is CC(C)(C)OC(=O)NC[C@H]1C[C@@H](CO)N(C(=O)OC(C)(C)C)C1. The summed E-state index contributed by atoms with van der Waals surface area (Å²) >= 11 is 0. The van der Waals surface area contributed by atoms with Gasteiger partial charge in [0.2, 0.25) is 0 Å². The summed E-state index contributed by atoms with van der Waals surface area (Å²) in [7, 11) is 0. The molecular formula is C16H30N2O5. The van der Waals surface area contributed by atoms with Gasteiger partial charge in [-0.2, -0.15) is 0 Å². The van der Waals surface area contributed by atoms with Crippen LogP contribution < -0.4 is 5.32 Å². The van der Waals surface area contributed by atoms with E-state index in [1.165, 1.54) is 4.90 Å². The van der Waals surface area contributed by atoms with Crippen molar-refractivity contribution in [3.63, 3.8) is 0 Å². The van der Waals surface area contributed by atoms with Crippen molar-refractivity contribution in [2.45, 2.75) is 65.2 Å². The second-order valence-electron chi connectivity index (χ2n) is 7.95. The van der Waals surface area contributed by atoms with Crippen LogP contribution in [-0.4, -0.2) is 59.1 Å². The number of aliphatic hydroxyl groups is 1. The summed E-state index contributed by atoms with van der Waals surface area (Å²) in [5.41, 5.74) is -1.13. The first kappa shape index (κ1) is 19.5. The Morgan fingerprint density at radius 3 is 2.17 bits per heavy atom. The van der Waals surface area contributed by atoms with Crippen LogP contribution in [0.25, 0.3) is 0 Å². The summed E-state index contributed by atoms with van der Waals surface area (Å²) < 4.78 is 10.5. The van der Waals surface area contributed by atoms with Gasteiger partial charge >= 0.3 is 12.2 Å². The highest BCUT2D eigenvalue weighted by Gasteiger charge is 2.37. The molecule has 134 valence electrons. The Morgan fingerprint density at radius 1 is 1.13 bits per heavy atom. The van der Waals surface area contributed by atoms with Crippen LogP contribution in [-0.2, 0) is 9.47 Å². The maximum atomic E-state index is 12.2. The summed E-state index contributed by atoms with van der Waals surface area (Å²) in [6.07, 6.45) is -0.295. The van der Waals surface area contributed by atoms with Crippen LogP contribution in [0.2, 0.25) is 0 Å². The first-order valence-electron chi connectivity index (χ1n) is 7.98. The lowest BCUT2D eigenvalue weighted by Crippen LogP contribution is -2.41. The van der Waals surface area contributed by atoms with Crippen molar-refractivity contribution in [3.8, 4) is 0 Å². The molecule has 7 heteroatoms. The Morgan fingerprint density at radius 2 is 1.70 bits per heavy atom. The molecule has 0 spiro atoms. The summed E-state index contributed by atoms with van der Waals surface area (Å²) in [5, 5.41) is 12.2. The van der Waals surface area contributed by atoms with Gasteiger partial charge in [-0.1, -0.05) is 0 Å². The minimum Gasteiger partial charge on any atom is -0.444 e. The lowest BCUT2D eigenvalue weighted by Gasteiger charge is -2.27. The molecule has 23 heavy (non-hydrogen) atoms. The normalized spacial score (nSPS) is 22.0. The first-order chi connectivity index (χ1) is 10.4. The van der Waals surface area contributed by atoms with Crippen LogP contribution in [0.4, 0.5) is 9.59 Å². The van der Waals surface area contributed by atoms with Gasteiger partial charge in [0.05, 0.1) is 12.6 Å². The molecule has 1 saturated heterocycles. The quantitative estimate of drug-likeness (QED) is 0.827. The first-order valence-corrected chi connectivity index (χ1v) is 7.98. The minimum atomic E-state index is -0.579. The molecule has 0 saturated carbocycles. The van der Waals surface area contributed by atoms with Gasteiger partial charge in [0, 0.05) is 13.1 Å². The van der Waals surface area contributed by atoms with E-state index in [9.17, 15) is 14.7 Å². The smallest absolute Gasteiger partial charge is 0.410 e. The Hall–Kier alpha value is -1.50. The Bertz CT molecular complexity index is 425. The van der Waals surface area contributed by atoms with E-state index < -0.39 is 23.4 Å². The maximum absolute atomic E-state index is 12.2. The number of hydrogen-bond acceptors (Lipinski definition) is 5. The highest BCUT2D eigenvalue weighted by Crippen LogP contribution is 2.25. The van der Waals surface area contributed by atoms with Crippen LogP contribution in [0.1, 0.15) is 48.0 Å². The van der Waals surface area contributed by atoms with E-state index in [2.05, 4.69) is 5.32 Å². The van der Waals surface area contributed by atoms with Crippen molar-refractivity contribution in [2.75, 3.05) is 19.7 Å². The predicted molar refractivity (Wildman–Crippen MR) is 86.2 cm³/mol. The van der Waals surface area contributed by atoms with E-state index >= 15 is 0 Å². The molecule has 2 N–H and O–H groups in total. The van der Waals surface area contributed by atoms with Gasteiger partial charge in [-0.25, -0.2) is 9.59 Å². The number of rotatable bonds is 3. The Labute approximate surface area is 138 Å². The summed E-state index contributed by atoms with van der Waals surface area (Å²) in [6.45, 7) is 11.5. The molecule has 0 aliphatic carbocycles. The van der Waals surface area contributed by atoms with Gasteiger partial charge in [-0.05, 0) is 53.9 Å². The fourth-order valence-electron chi connectivity index (χ4n) is 2.42. The maximum Gasteiger partial charge on any atom is 0.410 e. The molecule has 1 fully saturated rings. The molecule has 1 aliphatic heterocycles. The van der Waals surface area contributed by atoms with Crippen LogP contribution in [0, 0.1) is 5.92 Å². The second-order valence-corrected chi connectivity index (χ2v) is 7.95. The molecule has 0 bridgehead atoms. The molecule has 2 atom stereocenters. The van der Waals surface area contributed by atoms with Crippen molar-refractivity contribution in [2.24, 2.45) is 5.92 Å². The Kier molecular flexibility index (Phi) is 6.27. The fraction of sp³-hybridized carbons (Fsp3) is 0.875. The number of aliphatic hydroxyl groups excluding tert-OH is 1. The third-order valence-electron chi connectivity index (χ3n) is 3.27. The van der Waals surface area contributed by atoms with Crippen molar-refractivity contribution in [3.05, 3.63) is 0 Å². The van der Waals surface area contributed by atoms with Gasteiger partial charge in [0.15, 0.2) is 0 Å². The zero-order valence-electron chi connectivity index (χ0n) is 15.0. The van der Waals surface area contributed by atoms with Gasteiger partial charge in [0.25, 0.3) is 0 Å².